The SMILES string of the molecule is CCCCCC1CCCCC(C(C)C)CNC1NC(C)C. The first-order valence-electron chi connectivity index (χ1n) is 9.54. The molecule has 0 saturated carbocycles. The van der Waals surface area contributed by atoms with Crippen LogP contribution in [-0.4, -0.2) is 18.8 Å². The van der Waals surface area contributed by atoms with Crippen LogP contribution in [0.2, 0.25) is 0 Å². The van der Waals surface area contributed by atoms with Gasteiger partial charge in [0.1, 0.15) is 0 Å². The molecule has 1 heterocycles. The molecule has 1 saturated heterocycles. The van der Waals surface area contributed by atoms with Crippen LogP contribution in [0.5, 0.6) is 0 Å². The lowest BCUT2D eigenvalue weighted by molar-refractivity contribution is 0.238. The van der Waals surface area contributed by atoms with E-state index in [0.29, 0.717) is 12.2 Å². The quantitative estimate of drug-likeness (QED) is 0.650. The van der Waals surface area contributed by atoms with Crippen molar-refractivity contribution >= 4 is 0 Å². The first-order valence-corrected chi connectivity index (χ1v) is 9.54. The third-order valence-electron chi connectivity index (χ3n) is 5.11. The van der Waals surface area contributed by atoms with Crippen molar-refractivity contribution in [3.63, 3.8) is 0 Å². The third kappa shape index (κ3) is 7.65. The van der Waals surface area contributed by atoms with Crippen LogP contribution >= 0.6 is 0 Å². The predicted molar refractivity (Wildman–Crippen MR) is 94.5 cm³/mol. The molecule has 0 spiro atoms. The molecule has 2 nitrogen and oxygen atoms in total. The van der Waals surface area contributed by atoms with Crippen molar-refractivity contribution in [1.82, 2.24) is 10.6 Å². The minimum absolute atomic E-state index is 0.515. The van der Waals surface area contributed by atoms with Gasteiger partial charge >= 0.3 is 0 Å². The highest BCUT2D eigenvalue weighted by Gasteiger charge is 2.25. The molecule has 0 aliphatic carbocycles. The molecule has 1 aliphatic rings. The zero-order valence-electron chi connectivity index (χ0n) is 15.3. The van der Waals surface area contributed by atoms with Gasteiger partial charge in [-0.1, -0.05) is 52.9 Å². The summed E-state index contributed by atoms with van der Waals surface area (Å²) in [7, 11) is 0. The molecule has 1 aliphatic heterocycles. The van der Waals surface area contributed by atoms with E-state index in [1.54, 1.807) is 0 Å². The lowest BCUT2D eigenvalue weighted by Crippen LogP contribution is -2.51. The van der Waals surface area contributed by atoms with E-state index in [9.17, 15) is 0 Å². The minimum atomic E-state index is 0.515. The molecule has 2 heteroatoms. The Morgan fingerprint density at radius 3 is 2.38 bits per heavy atom. The fraction of sp³-hybridized carbons (Fsp3) is 1.00. The van der Waals surface area contributed by atoms with E-state index in [1.807, 2.05) is 0 Å². The molecule has 0 amide bonds. The monoisotopic (exact) mass is 296 g/mol. The molecule has 3 atom stereocenters. The van der Waals surface area contributed by atoms with E-state index >= 15 is 0 Å². The van der Waals surface area contributed by atoms with Crippen molar-refractivity contribution in [2.24, 2.45) is 17.8 Å². The summed E-state index contributed by atoms with van der Waals surface area (Å²) in [5, 5.41) is 7.69. The smallest absolute Gasteiger partial charge is 0.0602 e. The van der Waals surface area contributed by atoms with Crippen LogP contribution in [0.4, 0.5) is 0 Å². The van der Waals surface area contributed by atoms with E-state index in [2.05, 4.69) is 45.3 Å². The zero-order valence-corrected chi connectivity index (χ0v) is 15.3. The minimum Gasteiger partial charge on any atom is -0.301 e. The van der Waals surface area contributed by atoms with E-state index in [1.165, 1.54) is 57.9 Å². The highest BCUT2D eigenvalue weighted by Crippen LogP contribution is 2.26. The van der Waals surface area contributed by atoms with E-state index in [-0.39, 0.29) is 0 Å². The molecule has 0 aromatic carbocycles. The Balaban J connectivity index is 2.63. The molecule has 21 heavy (non-hydrogen) atoms. The summed E-state index contributed by atoms with van der Waals surface area (Å²) in [5.74, 6) is 2.45. The average Bonchev–Trinajstić information content (AvgIpc) is 2.50. The second-order valence-electron chi connectivity index (χ2n) is 7.75. The Morgan fingerprint density at radius 2 is 1.76 bits per heavy atom. The fourth-order valence-electron chi connectivity index (χ4n) is 3.62. The van der Waals surface area contributed by atoms with Crippen LogP contribution in [0.15, 0.2) is 0 Å². The van der Waals surface area contributed by atoms with Crippen LogP contribution in [0.3, 0.4) is 0 Å². The maximum absolute atomic E-state index is 3.89. The molecule has 0 aromatic rings. The second-order valence-corrected chi connectivity index (χ2v) is 7.75. The molecule has 0 bridgehead atoms. The summed E-state index contributed by atoms with van der Waals surface area (Å²) < 4.78 is 0. The van der Waals surface area contributed by atoms with E-state index in [4.69, 9.17) is 0 Å². The predicted octanol–water partition coefficient (Wildman–Crippen LogP) is 4.94. The van der Waals surface area contributed by atoms with Crippen molar-refractivity contribution in [2.75, 3.05) is 6.54 Å². The van der Waals surface area contributed by atoms with Gasteiger partial charge in [-0.2, -0.15) is 0 Å². The van der Waals surface area contributed by atoms with Gasteiger partial charge in [0.15, 0.2) is 0 Å². The zero-order chi connectivity index (χ0) is 15.7. The van der Waals surface area contributed by atoms with Gasteiger partial charge in [-0.05, 0) is 57.4 Å². The maximum atomic E-state index is 3.89. The summed E-state index contributed by atoms with van der Waals surface area (Å²) >= 11 is 0. The van der Waals surface area contributed by atoms with E-state index < -0.39 is 0 Å². The number of hydrogen-bond donors (Lipinski definition) is 2. The van der Waals surface area contributed by atoms with Gasteiger partial charge in [-0.25, -0.2) is 0 Å². The summed E-state index contributed by atoms with van der Waals surface area (Å²) in [4.78, 5) is 0. The Morgan fingerprint density at radius 1 is 1.05 bits per heavy atom. The Kier molecular flexibility index (Phi) is 9.59. The van der Waals surface area contributed by atoms with Gasteiger partial charge in [0, 0.05) is 6.04 Å². The normalized spacial score (nSPS) is 28.4. The van der Waals surface area contributed by atoms with Crippen LogP contribution in [0.1, 0.15) is 86.0 Å². The van der Waals surface area contributed by atoms with Crippen molar-refractivity contribution in [3.8, 4) is 0 Å². The lowest BCUT2D eigenvalue weighted by atomic mass is 9.90. The van der Waals surface area contributed by atoms with Crippen LogP contribution in [0.25, 0.3) is 0 Å². The lowest BCUT2D eigenvalue weighted by Gasteiger charge is -2.32. The van der Waals surface area contributed by atoms with Gasteiger partial charge in [0.2, 0.25) is 0 Å². The van der Waals surface area contributed by atoms with Gasteiger partial charge < -0.3 is 5.32 Å². The van der Waals surface area contributed by atoms with E-state index in [0.717, 1.165) is 17.8 Å². The Bertz CT molecular complexity index is 250. The standard InChI is InChI=1S/C19H40N2/c1-6-7-8-11-17-12-9-10-13-18(15(2)3)14-20-19(17)21-16(4)5/h15-21H,6-14H2,1-5H3. The van der Waals surface area contributed by atoms with Gasteiger partial charge in [-0.15, -0.1) is 0 Å². The van der Waals surface area contributed by atoms with Crippen molar-refractivity contribution in [3.05, 3.63) is 0 Å². The van der Waals surface area contributed by atoms with Crippen LogP contribution in [-0.2, 0) is 0 Å². The molecule has 0 aromatic heterocycles. The Labute approximate surface area is 133 Å². The van der Waals surface area contributed by atoms with Gasteiger partial charge in [-0.3, -0.25) is 5.32 Å². The highest BCUT2D eigenvalue weighted by molar-refractivity contribution is 4.80. The molecule has 126 valence electrons. The molecule has 0 radical (unpaired) electrons. The summed E-state index contributed by atoms with van der Waals surface area (Å²) in [6.07, 6.45) is 11.6. The number of unbranched alkanes of at least 4 members (excludes halogenated alkanes) is 2. The molecular weight excluding hydrogens is 256 g/mol. The topological polar surface area (TPSA) is 24.1 Å². The molecule has 1 fully saturated rings. The summed E-state index contributed by atoms with van der Waals surface area (Å²) in [5.41, 5.74) is 0. The first kappa shape index (κ1) is 19.0. The van der Waals surface area contributed by atoms with Crippen molar-refractivity contribution < 1.29 is 0 Å². The summed E-state index contributed by atoms with van der Waals surface area (Å²) in [6, 6.07) is 0.564. The second kappa shape index (κ2) is 10.6. The number of rotatable bonds is 7. The highest BCUT2D eigenvalue weighted by atomic mass is 15.1. The van der Waals surface area contributed by atoms with Crippen LogP contribution < -0.4 is 10.6 Å². The molecule has 1 rings (SSSR count). The fourth-order valence-corrected chi connectivity index (χ4v) is 3.62. The molecule has 3 unspecified atom stereocenters. The number of hydrogen-bond acceptors (Lipinski definition) is 2. The largest absolute Gasteiger partial charge is 0.301 e. The Hall–Kier alpha value is -0.0800. The average molecular weight is 297 g/mol. The number of nitrogens with one attached hydrogen (secondary N) is 2. The van der Waals surface area contributed by atoms with Crippen molar-refractivity contribution in [2.45, 2.75) is 98.2 Å². The third-order valence-corrected chi connectivity index (χ3v) is 5.11. The first-order chi connectivity index (χ1) is 10.0. The van der Waals surface area contributed by atoms with Gasteiger partial charge in [0.25, 0.3) is 0 Å². The maximum Gasteiger partial charge on any atom is 0.0602 e. The molecular formula is C19H40N2. The van der Waals surface area contributed by atoms with Gasteiger partial charge in [0.05, 0.1) is 6.17 Å². The summed E-state index contributed by atoms with van der Waals surface area (Å²) in [6.45, 7) is 12.8. The van der Waals surface area contributed by atoms with Crippen LogP contribution in [0, 0.1) is 17.8 Å². The van der Waals surface area contributed by atoms with Crippen molar-refractivity contribution in [1.29, 1.82) is 0 Å². The molecule has 2 N–H and O–H groups in total.